The van der Waals surface area contributed by atoms with Crippen molar-refractivity contribution in [2.45, 2.75) is 19.3 Å². The first-order valence-electron chi connectivity index (χ1n) is 7.83. The number of rotatable bonds is 3. The Morgan fingerprint density at radius 2 is 2.04 bits per heavy atom. The van der Waals surface area contributed by atoms with Crippen LogP contribution in [0.4, 0.5) is 5.69 Å². The topological polar surface area (TPSA) is 94.3 Å². The molecule has 0 fully saturated rings. The predicted molar refractivity (Wildman–Crippen MR) is 100 cm³/mol. The number of methoxy groups -OCH3 is 1. The van der Waals surface area contributed by atoms with Crippen molar-refractivity contribution in [1.29, 1.82) is 5.26 Å². The molecule has 1 atom stereocenters. The lowest BCUT2D eigenvalue weighted by molar-refractivity contribution is 0.392. The van der Waals surface area contributed by atoms with Crippen molar-refractivity contribution in [2.75, 3.05) is 12.8 Å². The van der Waals surface area contributed by atoms with E-state index in [1.165, 1.54) is 0 Å². The van der Waals surface area contributed by atoms with Gasteiger partial charge in [-0.25, -0.2) is 0 Å². The van der Waals surface area contributed by atoms with Gasteiger partial charge in [0.2, 0.25) is 5.88 Å². The van der Waals surface area contributed by atoms with Gasteiger partial charge in [-0.15, -0.1) is 0 Å². The summed E-state index contributed by atoms with van der Waals surface area (Å²) in [5.74, 6) is 1.09. The number of hydrogen-bond acceptors (Lipinski definition) is 5. The quantitative estimate of drug-likeness (QED) is 0.764. The Bertz CT molecular complexity index is 916. The lowest BCUT2D eigenvalue weighted by Crippen LogP contribution is -2.21. The van der Waals surface area contributed by atoms with Gasteiger partial charge in [0.25, 0.3) is 0 Å². The highest BCUT2D eigenvalue weighted by Crippen LogP contribution is 2.44. The highest BCUT2D eigenvalue weighted by molar-refractivity contribution is 9.10. The Labute approximate surface area is 155 Å². The summed E-state index contributed by atoms with van der Waals surface area (Å²) in [5, 5.41) is 9.63. The molecule has 0 spiro atoms. The largest absolute Gasteiger partial charge is 0.496 e. The molecule has 0 bridgehead atoms. The molecule has 0 aliphatic carbocycles. The van der Waals surface area contributed by atoms with Crippen molar-refractivity contribution >= 4 is 21.6 Å². The molecule has 0 radical (unpaired) electrons. The molecule has 5 nitrogen and oxygen atoms in total. The minimum Gasteiger partial charge on any atom is -0.496 e. The minimum absolute atomic E-state index is 0.0975. The fourth-order valence-corrected chi connectivity index (χ4v) is 3.88. The van der Waals surface area contributed by atoms with Gasteiger partial charge in [0.1, 0.15) is 23.1 Å². The number of hydrogen-bond donors (Lipinski definition) is 2. The minimum atomic E-state index is -0.342. The summed E-state index contributed by atoms with van der Waals surface area (Å²) in [6, 6.07) is 11.5. The first kappa shape index (κ1) is 17.2. The zero-order valence-electron chi connectivity index (χ0n) is 14.0. The third-order valence-electron chi connectivity index (χ3n) is 4.33. The molecule has 6 heteroatoms. The highest BCUT2D eigenvalue weighted by atomic mass is 79.9. The molecule has 25 heavy (non-hydrogen) atoms. The van der Waals surface area contributed by atoms with E-state index in [9.17, 15) is 5.26 Å². The summed E-state index contributed by atoms with van der Waals surface area (Å²) >= 11 is 3.61. The van der Waals surface area contributed by atoms with E-state index in [0.29, 0.717) is 17.0 Å². The number of benzene rings is 2. The number of nitrogens with zero attached hydrogens (tertiary/aromatic N) is 1. The Hall–Kier alpha value is -2.65. The van der Waals surface area contributed by atoms with Crippen molar-refractivity contribution in [1.82, 2.24) is 0 Å². The number of ether oxygens (including phenoxy) is 2. The SMILES string of the molecule is CCc1c(Br)cc(C2C(C#N)=C(N)Oc3cc(N)ccc32)cc1OC. The molecule has 128 valence electrons. The Morgan fingerprint density at radius 3 is 2.68 bits per heavy atom. The molecular weight excluding hydrogens is 382 g/mol. The summed E-state index contributed by atoms with van der Waals surface area (Å²) < 4.78 is 12.1. The Kier molecular flexibility index (Phi) is 4.60. The molecule has 0 aromatic heterocycles. The van der Waals surface area contributed by atoms with Gasteiger partial charge < -0.3 is 20.9 Å². The number of nitrogen functional groups attached to an aromatic ring is 1. The van der Waals surface area contributed by atoms with E-state index in [-0.39, 0.29) is 11.8 Å². The molecule has 2 aromatic rings. The average molecular weight is 400 g/mol. The zero-order chi connectivity index (χ0) is 18.1. The van der Waals surface area contributed by atoms with Crippen molar-refractivity contribution in [3.63, 3.8) is 0 Å². The molecule has 1 heterocycles. The smallest absolute Gasteiger partial charge is 0.205 e. The van der Waals surface area contributed by atoms with Crippen molar-refractivity contribution < 1.29 is 9.47 Å². The van der Waals surface area contributed by atoms with Crippen LogP contribution in [0.5, 0.6) is 11.5 Å². The molecular formula is C19H18BrN3O2. The molecule has 1 aliphatic rings. The van der Waals surface area contributed by atoms with E-state index >= 15 is 0 Å². The summed E-state index contributed by atoms with van der Waals surface area (Å²) in [4.78, 5) is 0. The number of halogens is 1. The van der Waals surface area contributed by atoms with Crippen molar-refractivity contribution in [2.24, 2.45) is 5.73 Å². The average Bonchev–Trinajstić information content (AvgIpc) is 2.59. The van der Waals surface area contributed by atoms with Gasteiger partial charge in [-0.2, -0.15) is 5.26 Å². The van der Waals surface area contributed by atoms with E-state index in [0.717, 1.165) is 33.3 Å². The molecule has 1 unspecified atom stereocenters. The summed E-state index contributed by atoms with van der Waals surface area (Å²) in [6.45, 7) is 2.06. The van der Waals surface area contributed by atoms with E-state index < -0.39 is 0 Å². The van der Waals surface area contributed by atoms with Gasteiger partial charge >= 0.3 is 0 Å². The second-order valence-corrected chi connectivity index (χ2v) is 6.61. The van der Waals surface area contributed by atoms with E-state index in [2.05, 4.69) is 28.9 Å². The van der Waals surface area contributed by atoms with Gasteiger partial charge in [-0.1, -0.05) is 28.9 Å². The summed E-state index contributed by atoms with van der Waals surface area (Å²) in [7, 11) is 1.64. The van der Waals surface area contributed by atoms with Crippen LogP contribution in [-0.2, 0) is 6.42 Å². The van der Waals surface area contributed by atoms with Gasteiger partial charge in [-0.05, 0) is 30.2 Å². The Balaban J connectivity index is 2.25. The van der Waals surface area contributed by atoms with Crippen molar-refractivity contribution in [3.8, 4) is 17.6 Å². The van der Waals surface area contributed by atoms with E-state index in [1.54, 1.807) is 19.2 Å². The molecule has 0 saturated heterocycles. The van der Waals surface area contributed by atoms with Crippen LogP contribution in [0, 0.1) is 11.3 Å². The first-order valence-corrected chi connectivity index (χ1v) is 8.62. The summed E-state index contributed by atoms with van der Waals surface area (Å²) in [5.41, 5.74) is 15.6. The van der Waals surface area contributed by atoms with Crippen LogP contribution in [0.1, 0.15) is 29.5 Å². The van der Waals surface area contributed by atoms with Gasteiger partial charge in [0, 0.05) is 27.4 Å². The number of nitrogens with two attached hydrogens (primary N) is 2. The van der Waals surface area contributed by atoms with Crippen LogP contribution < -0.4 is 20.9 Å². The molecule has 2 aromatic carbocycles. The number of allylic oxidation sites excluding steroid dienone is 1. The number of fused-ring (bicyclic) bond motifs is 1. The maximum absolute atomic E-state index is 9.63. The molecule has 0 amide bonds. The lowest BCUT2D eigenvalue weighted by atomic mass is 9.83. The lowest BCUT2D eigenvalue weighted by Gasteiger charge is -2.27. The van der Waals surface area contributed by atoms with Crippen LogP contribution in [-0.4, -0.2) is 7.11 Å². The highest BCUT2D eigenvalue weighted by Gasteiger charge is 2.31. The van der Waals surface area contributed by atoms with Crippen LogP contribution in [0.15, 0.2) is 46.3 Å². The second kappa shape index (κ2) is 6.69. The first-order chi connectivity index (χ1) is 12.0. The molecule has 1 aliphatic heterocycles. The molecule has 4 N–H and O–H groups in total. The standard InChI is InChI=1S/C19H18BrN3O2/c1-3-12-15(20)6-10(7-16(12)24-2)18-13-5-4-11(22)8-17(13)25-19(23)14(18)9-21/h4-8,18H,3,22-23H2,1-2H3. The van der Waals surface area contributed by atoms with Crippen LogP contribution >= 0.6 is 15.9 Å². The Morgan fingerprint density at radius 1 is 1.28 bits per heavy atom. The third kappa shape index (κ3) is 2.92. The van der Waals surface area contributed by atoms with Crippen molar-refractivity contribution in [3.05, 3.63) is 63.0 Å². The van der Waals surface area contributed by atoms with Gasteiger partial charge in [-0.3, -0.25) is 0 Å². The monoisotopic (exact) mass is 399 g/mol. The third-order valence-corrected chi connectivity index (χ3v) is 5.03. The van der Waals surface area contributed by atoms with Crippen LogP contribution in [0.3, 0.4) is 0 Å². The van der Waals surface area contributed by atoms with Gasteiger partial charge in [0.15, 0.2) is 0 Å². The molecule has 0 saturated carbocycles. The fourth-order valence-electron chi connectivity index (χ4n) is 3.14. The number of anilines is 1. The fraction of sp³-hybridized carbons (Fsp3) is 0.211. The van der Waals surface area contributed by atoms with Gasteiger partial charge in [0.05, 0.1) is 13.0 Å². The van der Waals surface area contributed by atoms with E-state index in [4.69, 9.17) is 20.9 Å². The zero-order valence-corrected chi connectivity index (χ0v) is 15.6. The maximum Gasteiger partial charge on any atom is 0.205 e. The summed E-state index contributed by atoms with van der Waals surface area (Å²) in [6.07, 6.45) is 0.827. The second-order valence-electron chi connectivity index (χ2n) is 5.76. The van der Waals surface area contributed by atoms with Crippen LogP contribution in [0.2, 0.25) is 0 Å². The van der Waals surface area contributed by atoms with Crippen LogP contribution in [0.25, 0.3) is 0 Å². The predicted octanol–water partition coefficient (Wildman–Crippen LogP) is 3.82. The van der Waals surface area contributed by atoms with E-state index in [1.807, 2.05) is 18.2 Å². The molecule has 3 rings (SSSR count). The normalized spacial score (nSPS) is 16.0. The maximum atomic E-state index is 9.63. The number of nitriles is 1.